The summed E-state index contributed by atoms with van der Waals surface area (Å²) in [6.45, 7) is 5.96. The molecule has 7 nitrogen and oxygen atoms in total. The van der Waals surface area contributed by atoms with Gasteiger partial charge in [0.1, 0.15) is 11.8 Å². The van der Waals surface area contributed by atoms with E-state index >= 15 is 0 Å². The maximum absolute atomic E-state index is 12.3. The predicted octanol–water partition coefficient (Wildman–Crippen LogP) is 2.75. The molecule has 1 aromatic carbocycles. The summed E-state index contributed by atoms with van der Waals surface area (Å²) in [6, 6.07) is 8.94. The van der Waals surface area contributed by atoms with Gasteiger partial charge in [0.05, 0.1) is 6.26 Å². The van der Waals surface area contributed by atoms with Gasteiger partial charge in [0, 0.05) is 24.6 Å². The fraction of sp³-hybridized carbons (Fsp3) is 0.250. The van der Waals surface area contributed by atoms with Crippen LogP contribution in [-0.4, -0.2) is 28.1 Å². The van der Waals surface area contributed by atoms with Crippen LogP contribution in [0.1, 0.15) is 28.5 Å². The Morgan fingerprint density at radius 1 is 1.15 bits per heavy atom. The molecule has 7 heteroatoms. The van der Waals surface area contributed by atoms with Crippen LogP contribution in [-0.2, 0) is 9.59 Å². The number of nitrogens with one attached hydrogen (secondary N) is 2. The van der Waals surface area contributed by atoms with Gasteiger partial charge in [-0.2, -0.15) is 5.10 Å². The second-order valence-electron chi connectivity index (χ2n) is 6.46. The van der Waals surface area contributed by atoms with Crippen LogP contribution in [0.2, 0.25) is 0 Å². The summed E-state index contributed by atoms with van der Waals surface area (Å²) in [6.07, 6.45) is 4.98. The van der Waals surface area contributed by atoms with Crippen molar-refractivity contribution in [1.29, 1.82) is 0 Å². The number of carbonyl (C=O) groups excluding carboxylic acids is 2. The second kappa shape index (κ2) is 7.90. The first-order chi connectivity index (χ1) is 13.0. The van der Waals surface area contributed by atoms with Gasteiger partial charge in [-0.3, -0.25) is 14.3 Å². The summed E-state index contributed by atoms with van der Waals surface area (Å²) in [5.74, 6) is -0.772. The molecule has 0 aliphatic rings. The number of carbonyl (C=O) groups is 2. The summed E-state index contributed by atoms with van der Waals surface area (Å²) in [5.41, 5.74) is 3.60. The van der Waals surface area contributed by atoms with E-state index in [4.69, 9.17) is 4.42 Å². The van der Waals surface area contributed by atoms with Crippen molar-refractivity contribution in [3.05, 3.63) is 71.4 Å². The molecule has 1 atom stereocenters. The molecule has 3 aromatic rings. The number of rotatable bonds is 5. The zero-order chi connectivity index (χ0) is 19.4. The lowest BCUT2D eigenvalue weighted by Gasteiger charge is -2.17. The highest BCUT2D eigenvalue weighted by Crippen LogP contribution is 2.22. The first-order valence-electron chi connectivity index (χ1n) is 8.65. The molecule has 0 aliphatic carbocycles. The van der Waals surface area contributed by atoms with Gasteiger partial charge in [-0.15, -0.1) is 0 Å². The largest absolute Gasteiger partial charge is 0.467 e. The molecule has 0 saturated heterocycles. The summed E-state index contributed by atoms with van der Waals surface area (Å²) in [5, 5.41) is 9.56. The van der Waals surface area contributed by atoms with E-state index in [9.17, 15) is 9.59 Å². The van der Waals surface area contributed by atoms with Gasteiger partial charge in [0.25, 0.3) is 0 Å². The van der Waals surface area contributed by atoms with E-state index in [0.29, 0.717) is 11.4 Å². The van der Waals surface area contributed by atoms with Gasteiger partial charge in [0.15, 0.2) is 0 Å². The molecule has 2 N–H and O–H groups in total. The van der Waals surface area contributed by atoms with Crippen molar-refractivity contribution in [2.75, 3.05) is 11.9 Å². The number of aromatic nitrogens is 2. The van der Waals surface area contributed by atoms with Crippen LogP contribution in [0.5, 0.6) is 0 Å². The average Bonchev–Trinajstić information content (AvgIpc) is 3.32. The zero-order valence-electron chi connectivity index (χ0n) is 15.5. The molecular formula is C20H22N4O3. The lowest BCUT2D eigenvalue weighted by atomic mass is 10.1. The molecule has 140 valence electrons. The molecule has 3 rings (SSSR count). The van der Waals surface area contributed by atoms with E-state index in [0.717, 1.165) is 16.7 Å². The maximum atomic E-state index is 12.3. The minimum Gasteiger partial charge on any atom is -0.467 e. The lowest BCUT2D eigenvalue weighted by Crippen LogP contribution is -2.39. The normalized spacial score (nSPS) is 11.8. The Labute approximate surface area is 157 Å². The topological polar surface area (TPSA) is 89.2 Å². The van der Waals surface area contributed by atoms with Crippen LogP contribution in [0.3, 0.4) is 0 Å². The van der Waals surface area contributed by atoms with Crippen molar-refractivity contribution >= 4 is 17.5 Å². The third kappa shape index (κ3) is 4.25. The van der Waals surface area contributed by atoms with E-state index in [2.05, 4.69) is 15.7 Å². The minimum atomic E-state index is -0.710. The highest BCUT2D eigenvalue weighted by Gasteiger charge is 2.21. The number of anilines is 1. The Hall–Kier alpha value is -3.35. The third-order valence-electron chi connectivity index (χ3n) is 4.29. The molecule has 0 fully saturated rings. The minimum absolute atomic E-state index is 0.174. The smallest absolute Gasteiger partial charge is 0.313 e. The van der Waals surface area contributed by atoms with Gasteiger partial charge in [0.2, 0.25) is 0 Å². The molecular weight excluding hydrogens is 344 g/mol. The Morgan fingerprint density at radius 3 is 2.48 bits per heavy atom. The average molecular weight is 366 g/mol. The molecule has 1 unspecified atom stereocenters. The van der Waals surface area contributed by atoms with Gasteiger partial charge >= 0.3 is 11.8 Å². The highest BCUT2D eigenvalue weighted by atomic mass is 16.3. The van der Waals surface area contributed by atoms with Crippen LogP contribution in [0.25, 0.3) is 0 Å². The maximum Gasteiger partial charge on any atom is 0.313 e. The van der Waals surface area contributed by atoms with Gasteiger partial charge in [-0.25, -0.2) is 0 Å². The van der Waals surface area contributed by atoms with Gasteiger partial charge < -0.3 is 15.1 Å². The fourth-order valence-electron chi connectivity index (χ4n) is 3.09. The Morgan fingerprint density at radius 2 is 1.89 bits per heavy atom. The molecule has 27 heavy (non-hydrogen) atoms. The molecule has 0 radical (unpaired) electrons. The first-order valence-corrected chi connectivity index (χ1v) is 8.65. The number of hydrogen-bond donors (Lipinski definition) is 2. The van der Waals surface area contributed by atoms with Crippen molar-refractivity contribution in [2.24, 2.45) is 0 Å². The van der Waals surface area contributed by atoms with E-state index in [1.54, 1.807) is 41.5 Å². The third-order valence-corrected chi connectivity index (χ3v) is 4.29. The zero-order valence-corrected chi connectivity index (χ0v) is 15.5. The Bertz CT molecular complexity index is 873. The number of furan rings is 1. The number of amides is 2. The first kappa shape index (κ1) is 18.4. The second-order valence-corrected chi connectivity index (χ2v) is 6.46. The monoisotopic (exact) mass is 366 g/mol. The van der Waals surface area contributed by atoms with Gasteiger partial charge in [-0.05, 0) is 50.1 Å². The fourth-order valence-corrected chi connectivity index (χ4v) is 3.09. The van der Waals surface area contributed by atoms with Crippen LogP contribution < -0.4 is 10.6 Å². The van der Waals surface area contributed by atoms with Crippen molar-refractivity contribution in [2.45, 2.75) is 26.8 Å². The van der Waals surface area contributed by atoms with Crippen molar-refractivity contribution in [1.82, 2.24) is 15.1 Å². The van der Waals surface area contributed by atoms with Crippen molar-refractivity contribution in [3.63, 3.8) is 0 Å². The molecule has 0 spiro atoms. The van der Waals surface area contributed by atoms with Crippen molar-refractivity contribution < 1.29 is 14.0 Å². The summed E-state index contributed by atoms with van der Waals surface area (Å²) < 4.78 is 7.11. The standard InChI is InChI=1S/C20H22N4O3/c1-13-10-14(2)18(15(3)11-13)23-20(26)19(25)21-12-16(17-6-4-9-27-17)24-8-5-7-22-24/h4-11,16H,12H2,1-3H3,(H,21,25)(H,23,26). The molecule has 0 aliphatic heterocycles. The Balaban J connectivity index is 1.67. The number of aryl methyl sites for hydroxylation is 3. The quantitative estimate of drug-likeness (QED) is 0.680. The van der Waals surface area contributed by atoms with E-state index in [1.807, 2.05) is 32.9 Å². The highest BCUT2D eigenvalue weighted by molar-refractivity contribution is 6.39. The summed E-state index contributed by atoms with van der Waals surface area (Å²) in [4.78, 5) is 24.6. The Kier molecular flexibility index (Phi) is 5.40. The predicted molar refractivity (Wildman–Crippen MR) is 101 cm³/mol. The van der Waals surface area contributed by atoms with Gasteiger partial charge in [-0.1, -0.05) is 17.7 Å². The van der Waals surface area contributed by atoms with Crippen LogP contribution in [0, 0.1) is 20.8 Å². The molecule has 2 heterocycles. The number of hydrogen-bond acceptors (Lipinski definition) is 4. The molecule has 0 saturated carbocycles. The summed E-state index contributed by atoms with van der Waals surface area (Å²) in [7, 11) is 0. The molecule has 2 amide bonds. The van der Waals surface area contributed by atoms with E-state index < -0.39 is 11.8 Å². The molecule has 2 aromatic heterocycles. The number of nitrogens with zero attached hydrogens (tertiary/aromatic N) is 2. The number of benzene rings is 1. The molecule has 0 bridgehead atoms. The van der Waals surface area contributed by atoms with E-state index in [-0.39, 0.29) is 12.6 Å². The van der Waals surface area contributed by atoms with Crippen LogP contribution in [0.15, 0.2) is 53.4 Å². The van der Waals surface area contributed by atoms with E-state index in [1.165, 1.54) is 0 Å². The van der Waals surface area contributed by atoms with Crippen molar-refractivity contribution in [3.8, 4) is 0 Å². The summed E-state index contributed by atoms with van der Waals surface area (Å²) >= 11 is 0. The lowest BCUT2D eigenvalue weighted by molar-refractivity contribution is -0.136. The van der Waals surface area contributed by atoms with Crippen LogP contribution >= 0.6 is 0 Å². The SMILES string of the molecule is Cc1cc(C)c(NC(=O)C(=O)NCC(c2ccco2)n2cccn2)c(C)c1. The van der Waals surface area contributed by atoms with Crippen LogP contribution in [0.4, 0.5) is 5.69 Å².